The third-order valence-electron chi connectivity index (χ3n) is 3.83. The van der Waals surface area contributed by atoms with Crippen LogP contribution in [0.2, 0.25) is 0 Å². The van der Waals surface area contributed by atoms with Crippen LogP contribution in [0.3, 0.4) is 0 Å². The Morgan fingerprint density at radius 1 is 1.42 bits per heavy atom. The number of carbonyl (C=O) groups excluding carboxylic acids is 1. The summed E-state index contributed by atoms with van der Waals surface area (Å²) in [5, 5.41) is 3.64. The summed E-state index contributed by atoms with van der Waals surface area (Å²) in [5.74, 6) is 0. The molecule has 0 aliphatic carbocycles. The first-order chi connectivity index (χ1) is 9.06. The van der Waals surface area contributed by atoms with E-state index in [2.05, 4.69) is 43.4 Å². The molecule has 1 atom stereocenters. The van der Waals surface area contributed by atoms with Crippen molar-refractivity contribution in [3.05, 3.63) is 35.4 Å². The summed E-state index contributed by atoms with van der Waals surface area (Å²) in [5.41, 5.74) is 7.89. The SMILES string of the molecule is Cc1cccc([C@H](C)NC2CCN(C(N)=O)CC2)c1. The summed E-state index contributed by atoms with van der Waals surface area (Å²) in [6.45, 7) is 5.82. The van der Waals surface area contributed by atoms with E-state index in [1.54, 1.807) is 4.90 Å². The fourth-order valence-electron chi connectivity index (χ4n) is 2.66. The maximum Gasteiger partial charge on any atom is 0.314 e. The molecule has 1 aromatic carbocycles. The number of primary amides is 1. The smallest absolute Gasteiger partial charge is 0.314 e. The molecule has 1 aliphatic heterocycles. The number of urea groups is 1. The summed E-state index contributed by atoms with van der Waals surface area (Å²) in [6.07, 6.45) is 1.94. The van der Waals surface area contributed by atoms with Crippen LogP contribution < -0.4 is 11.1 Å². The Kier molecular flexibility index (Phi) is 4.43. The molecule has 1 heterocycles. The molecule has 19 heavy (non-hydrogen) atoms. The maximum absolute atomic E-state index is 11.1. The number of nitrogens with zero attached hydrogens (tertiary/aromatic N) is 1. The number of benzene rings is 1. The Balaban J connectivity index is 1.87. The predicted molar refractivity (Wildman–Crippen MR) is 76.9 cm³/mol. The average Bonchev–Trinajstić information content (AvgIpc) is 2.39. The third-order valence-corrected chi connectivity index (χ3v) is 3.83. The van der Waals surface area contributed by atoms with Gasteiger partial charge in [0.15, 0.2) is 0 Å². The van der Waals surface area contributed by atoms with Gasteiger partial charge in [-0.05, 0) is 32.3 Å². The molecule has 2 amide bonds. The third kappa shape index (κ3) is 3.70. The minimum Gasteiger partial charge on any atom is -0.351 e. The van der Waals surface area contributed by atoms with Crippen molar-refractivity contribution in [3.8, 4) is 0 Å². The zero-order chi connectivity index (χ0) is 13.8. The van der Waals surface area contributed by atoms with Crippen molar-refractivity contribution in [2.75, 3.05) is 13.1 Å². The molecule has 0 spiro atoms. The second kappa shape index (κ2) is 6.06. The highest BCUT2D eigenvalue weighted by atomic mass is 16.2. The second-order valence-corrected chi connectivity index (χ2v) is 5.40. The van der Waals surface area contributed by atoms with E-state index < -0.39 is 0 Å². The minimum atomic E-state index is -0.301. The summed E-state index contributed by atoms with van der Waals surface area (Å²) < 4.78 is 0. The number of likely N-dealkylation sites (tertiary alicyclic amines) is 1. The summed E-state index contributed by atoms with van der Waals surface area (Å²) in [4.78, 5) is 12.8. The van der Waals surface area contributed by atoms with Crippen LogP contribution in [0.5, 0.6) is 0 Å². The standard InChI is InChI=1S/C15H23N3O/c1-11-4-3-5-13(10-11)12(2)17-14-6-8-18(9-7-14)15(16)19/h3-5,10,12,14,17H,6-9H2,1-2H3,(H2,16,19)/t12-/m0/s1. The van der Waals surface area contributed by atoms with E-state index in [4.69, 9.17) is 5.73 Å². The van der Waals surface area contributed by atoms with E-state index >= 15 is 0 Å². The number of hydrogen-bond donors (Lipinski definition) is 2. The van der Waals surface area contributed by atoms with Gasteiger partial charge < -0.3 is 16.0 Å². The van der Waals surface area contributed by atoms with Crippen LogP contribution >= 0.6 is 0 Å². The van der Waals surface area contributed by atoms with Crippen LogP contribution in [-0.4, -0.2) is 30.1 Å². The highest BCUT2D eigenvalue weighted by molar-refractivity contribution is 5.72. The van der Waals surface area contributed by atoms with Gasteiger partial charge in [-0.15, -0.1) is 0 Å². The number of rotatable bonds is 3. The zero-order valence-corrected chi connectivity index (χ0v) is 11.7. The second-order valence-electron chi connectivity index (χ2n) is 5.40. The molecule has 104 valence electrons. The van der Waals surface area contributed by atoms with Gasteiger partial charge >= 0.3 is 6.03 Å². The van der Waals surface area contributed by atoms with Crippen molar-refractivity contribution in [2.24, 2.45) is 5.73 Å². The molecule has 0 unspecified atom stereocenters. The lowest BCUT2D eigenvalue weighted by Crippen LogP contribution is -2.47. The van der Waals surface area contributed by atoms with Crippen LogP contribution in [0.1, 0.15) is 36.9 Å². The van der Waals surface area contributed by atoms with Gasteiger partial charge in [0.1, 0.15) is 0 Å². The first-order valence-corrected chi connectivity index (χ1v) is 6.93. The number of carbonyl (C=O) groups is 1. The van der Waals surface area contributed by atoms with Gasteiger partial charge in [-0.25, -0.2) is 4.79 Å². The maximum atomic E-state index is 11.1. The molecule has 0 bridgehead atoms. The number of piperidine rings is 1. The molecule has 1 aliphatic rings. The van der Waals surface area contributed by atoms with Gasteiger partial charge in [-0.2, -0.15) is 0 Å². The molecule has 1 fully saturated rings. The Morgan fingerprint density at radius 2 is 2.11 bits per heavy atom. The Labute approximate surface area is 115 Å². The predicted octanol–water partition coefficient (Wildman–Crippen LogP) is 2.19. The van der Waals surface area contributed by atoms with E-state index in [-0.39, 0.29) is 6.03 Å². The van der Waals surface area contributed by atoms with Crippen molar-refractivity contribution < 1.29 is 4.79 Å². The minimum absolute atomic E-state index is 0.301. The zero-order valence-electron chi connectivity index (χ0n) is 11.7. The van der Waals surface area contributed by atoms with E-state index in [1.807, 2.05) is 0 Å². The molecule has 1 saturated heterocycles. The normalized spacial score (nSPS) is 18.3. The first-order valence-electron chi connectivity index (χ1n) is 6.93. The van der Waals surface area contributed by atoms with Gasteiger partial charge in [0, 0.05) is 25.2 Å². The molecule has 1 aromatic rings. The van der Waals surface area contributed by atoms with E-state index in [1.165, 1.54) is 11.1 Å². The topological polar surface area (TPSA) is 58.4 Å². The van der Waals surface area contributed by atoms with Gasteiger partial charge in [0.05, 0.1) is 0 Å². The van der Waals surface area contributed by atoms with Crippen LogP contribution in [0.25, 0.3) is 0 Å². The number of amides is 2. The lowest BCUT2D eigenvalue weighted by atomic mass is 10.0. The molecular weight excluding hydrogens is 238 g/mol. The molecule has 4 nitrogen and oxygen atoms in total. The van der Waals surface area contributed by atoms with Crippen LogP contribution in [0.15, 0.2) is 24.3 Å². The number of aryl methyl sites for hydroxylation is 1. The van der Waals surface area contributed by atoms with Crippen LogP contribution in [0.4, 0.5) is 4.79 Å². The molecule has 3 N–H and O–H groups in total. The fourth-order valence-corrected chi connectivity index (χ4v) is 2.66. The Bertz CT molecular complexity index is 439. The van der Waals surface area contributed by atoms with Crippen molar-refractivity contribution >= 4 is 6.03 Å². The lowest BCUT2D eigenvalue weighted by Gasteiger charge is -2.33. The monoisotopic (exact) mass is 261 g/mol. The first kappa shape index (κ1) is 13.9. The van der Waals surface area contributed by atoms with E-state index in [0.29, 0.717) is 12.1 Å². The largest absolute Gasteiger partial charge is 0.351 e. The quantitative estimate of drug-likeness (QED) is 0.876. The van der Waals surface area contributed by atoms with Crippen molar-refractivity contribution in [3.63, 3.8) is 0 Å². The van der Waals surface area contributed by atoms with Gasteiger partial charge in [0.25, 0.3) is 0 Å². The Hall–Kier alpha value is -1.55. The fraction of sp³-hybridized carbons (Fsp3) is 0.533. The summed E-state index contributed by atoms with van der Waals surface area (Å²) >= 11 is 0. The number of nitrogens with two attached hydrogens (primary N) is 1. The van der Waals surface area contributed by atoms with Crippen molar-refractivity contribution in [1.82, 2.24) is 10.2 Å². The van der Waals surface area contributed by atoms with Crippen molar-refractivity contribution in [2.45, 2.75) is 38.8 Å². The molecule has 0 radical (unpaired) electrons. The molecule has 0 aromatic heterocycles. The van der Waals surface area contributed by atoms with Gasteiger partial charge in [-0.3, -0.25) is 0 Å². The van der Waals surface area contributed by atoms with Crippen molar-refractivity contribution in [1.29, 1.82) is 0 Å². The van der Waals surface area contributed by atoms with Gasteiger partial charge in [-0.1, -0.05) is 29.8 Å². The highest BCUT2D eigenvalue weighted by Gasteiger charge is 2.22. The van der Waals surface area contributed by atoms with Crippen LogP contribution in [0, 0.1) is 6.92 Å². The number of hydrogen-bond acceptors (Lipinski definition) is 2. The molecule has 0 saturated carbocycles. The Morgan fingerprint density at radius 3 is 2.68 bits per heavy atom. The molecule has 2 rings (SSSR count). The molecule has 4 heteroatoms. The number of nitrogens with one attached hydrogen (secondary N) is 1. The van der Waals surface area contributed by atoms with Crippen LogP contribution in [-0.2, 0) is 0 Å². The average molecular weight is 261 g/mol. The summed E-state index contributed by atoms with van der Waals surface area (Å²) in [7, 11) is 0. The molecular formula is C15H23N3O. The highest BCUT2D eigenvalue weighted by Crippen LogP contribution is 2.18. The van der Waals surface area contributed by atoms with Gasteiger partial charge in [0.2, 0.25) is 0 Å². The summed E-state index contributed by atoms with van der Waals surface area (Å²) in [6, 6.07) is 9.08. The van der Waals surface area contributed by atoms with E-state index in [0.717, 1.165) is 25.9 Å². The lowest BCUT2D eigenvalue weighted by molar-refractivity contribution is 0.183. The van der Waals surface area contributed by atoms with E-state index in [9.17, 15) is 4.79 Å².